The molecule has 0 fully saturated rings. The molecule has 0 heterocycles. The summed E-state index contributed by atoms with van der Waals surface area (Å²) in [4.78, 5) is 22.6. The number of nitrogens with one attached hydrogen (secondary N) is 1. The number of primary amides is 1. The molecule has 0 aliphatic carbocycles. The molecule has 3 N–H and O–H groups in total. The van der Waals surface area contributed by atoms with E-state index in [0.717, 1.165) is 6.42 Å². The van der Waals surface area contributed by atoms with Crippen molar-refractivity contribution in [2.75, 3.05) is 6.61 Å². The van der Waals surface area contributed by atoms with E-state index in [2.05, 4.69) is 5.32 Å². The third-order valence-corrected chi connectivity index (χ3v) is 2.53. The van der Waals surface area contributed by atoms with Crippen LogP contribution in [0.25, 0.3) is 0 Å². The summed E-state index contributed by atoms with van der Waals surface area (Å²) >= 11 is 0. The first-order valence-corrected chi connectivity index (χ1v) is 5.85. The van der Waals surface area contributed by atoms with E-state index in [0.29, 0.717) is 5.75 Å². The van der Waals surface area contributed by atoms with Crippen LogP contribution >= 0.6 is 0 Å². The normalized spacial score (nSPS) is 11.7. The molecule has 0 spiro atoms. The predicted octanol–water partition coefficient (Wildman–Crippen LogP) is 1.08. The summed E-state index contributed by atoms with van der Waals surface area (Å²) in [5, 5.41) is 2.77. The van der Waals surface area contributed by atoms with Gasteiger partial charge in [-0.15, -0.1) is 0 Å². The van der Waals surface area contributed by atoms with Gasteiger partial charge in [-0.05, 0) is 25.5 Å². The summed E-state index contributed by atoms with van der Waals surface area (Å²) < 4.78 is 5.29. The van der Waals surface area contributed by atoms with Crippen LogP contribution in [0, 0.1) is 0 Å². The predicted molar refractivity (Wildman–Crippen MR) is 68.4 cm³/mol. The van der Waals surface area contributed by atoms with Crippen molar-refractivity contribution in [1.82, 2.24) is 5.32 Å². The lowest BCUT2D eigenvalue weighted by Crippen LogP contribution is -2.35. The lowest BCUT2D eigenvalue weighted by molar-refractivity contribution is -0.123. The lowest BCUT2D eigenvalue weighted by atomic mass is 10.2. The van der Waals surface area contributed by atoms with Gasteiger partial charge < -0.3 is 15.8 Å². The average Bonchev–Trinajstić information content (AvgIpc) is 2.36. The van der Waals surface area contributed by atoms with E-state index in [1.165, 1.54) is 0 Å². The second-order valence-electron chi connectivity index (χ2n) is 4.03. The highest BCUT2D eigenvalue weighted by Crippen LogP contribution is 2.16. The molecule has 1 aromatic rings. The molecular formula is C13H18N2O3. The van der Waals surface area contributed by atoms with E-state index in [1.807, 2.05) is 13.8 Å². The standard InChI is InChI=1S/C13H18N2O3/c1-3-9(2)15-12(16)8-18-11-7-5-4-6-10(11)13(14)17/h4-7,9H,3,8H2,1-2H3,(H2,14,17)(H,15,16). The molecule has 98 valence electrons. The van der Waals surface area contributed by atoms with Gasteiger partial charge in [-0.25, -0.2) is 0 Å². The van der Waals surface area contributed by atoms with Crippen LogP contribution in [0.5, 0.6) is 5.75 Å². The zero-order valence-electron chi connectivity index (χ0n) is 10.6. The minimum absolute atomic E-state index is 0.104. The van der Waals surface area contributed by atoms with Crippen molar-refractivity contribution in [3.8, 4) is 5.75 Å². The van der Waals surface area contributed by atoms with Gasteiger partial charge in [0.05, 0.1) is 5.56 Å². The molecule has 0 saturated carbocycles. The zero-order chi connectivity index (χ0) is 13.5. The van der Waals surface area contributed by atoms with Crippen LogP contribution in [0.1, 0.15) is 30.6 Å². The van der Waals surface area contributed by atoms with E-state index >= 15 is 0 Å². The van der Waals surface area contributed by atoms with Gasteiger partial charge in [0, 0.05) is 6.04 Å². The number of ether oxygens (including phenoxy) is 1. The second kappa shape index (κ2) is 6.64. The monoisotopic (exact) mass is 250 g/mol. The maximum atomic E-state index is 11.5. The van der Waals surface area contributed by atoms with E-state index in [-0.39, 0.29) is 24.1 Å². The molecule has 1 unspecified atom stereocenters. The Labute approximate surface area is 106 Å². The minimum Gasteiger partial charge on any atom is -0.483 e. The summed E-state index contributed by atoms with van der Waals surface area (Å²) in [5.41, 5.74) is 5.48. The Kier molecular flexibility index (Phi) is 5.17. The van der Waals surface area contributed by atoms with Gasteiger partial charge in [-0.2, -0.15) is 0 Å². The largest absolute Gasteiger partial charge is 0.483 e. The van der Waals surface area contributed by atoms with E-state index in [9.17, 15) is 9.59 Å². The van der Waals surface area contributed by atoms with Gasteiger partial charge in [0.2, 0.25) is 0 Å². The summed E-state index contributed by atoms with van der Waals surface area (Å²) in [6.45, 7) is 3.76. The highest BCUT2D eigenvalue weighted by Gasteiger charge is 2.11. The third kappa shape index (κ3) is 4.08. The first-order valence-electron chi connectivity index (χ1n) is 5.85. The van der Waals surface area contributed by atoms with Gasteiger partial charge in [-0.3, -0.25) is 9.59 Å². The summed E-state index contributed by atoms with van der Waals surface area (Å²) in [5.74, 6) is -0.471. The number of hydrogen-bond donors (Lipinski definition) is 2. The van der Waals surface area contributed by atoms with Crippen LogP contribution in [0.4, 0.5) is 0 Å². The van der Waals surface area contributed by atoms with Crippen LogP contribution in [-0.2, 0) is 4.79 Å². The van der Waals surface area contributed by atoms with Gasteiger partial charge >= 0.3 is 0 Å². The number of rotatable bonds is 6. The Balaban J connectivity index is 2.58. The molecule has 1 aromatic carbocycles. The van der Waals surface area contributed by atoms with E-state index in [4.69, 9.17) is 10.5 Å². The van der Waals surface area contributed by atoms with E-state index in [1.54, 1.807) is 24.3 Å². The zero-order valence-corrected chi connectivity index (χ0v) is 10.6. The maximum absolute atomic E-state index is 11.5. The average molecular weight is 250 g/mol. The Bertz CT molecular complexity index is 432. The van der Waals surface area contributed by atoms with Gasteiger partial charge in [0.1, 0.15) is 5.75 Å². The Morgan fingerprint density at radius 3 is 2.67 bits per heavy atom. The molecule has 18 heavy (non-hydrogen) atoms. The molecule has 0 aromatic heterocycles. The van der Waals surface area contributed by atoms with Crippen molar-refractivity contribution >= 4 is 11.8 Å². The SMILES string of the molecule is CCC(C)NC(=O)COc1ccccc1C(N)=O. The molecule has 0 bridgehead atoms. The maximum Gasteiger partial charge on any atom is 0.258 e. The molecule has 1 atom stereocenters. The van der Waals surface area contributed by atoms with Crippen molar-refractivity contribution < 1.29 is 14.3 Å². The molecule has 0 aliphatic heterocycles. The van der Waals surface area contributed by atoms with Crippen molar-refractivity contribution in [1.29, 1.82) is 0 Å². The molecule has 5 heteroatoms. The van der Waals surface area contributed by atoms with Gasteiger partial charge in [0.15, 0.2) is 6.61 Å². The number of nitrogens with two attached hydrogens (primary N) is 1. The smallest absolute Gasteiger partial charge is 0.258 e. The highest BCUT2D eigenvalue weighted by atomic mass is 16.5. The molecule has 1 rings (SSSR count). The Hall–Kier alpha value is -2.04. The molecular weight excluding hydrogens is 232 g/mol. The number of benzene rings is 1. The summed E-state index contributed by atoms with van der Waals surface area (Å²) in [6.07, 6.45) is 0.851. The van der Waals surface area contributed by atoms with Crippen LogP contribution in [0.2, 0.25) is 0 Å². The molecule has 0 aliphatic rings. The number of hydrogen-bond acceptors (Lipinski definition) is 3. The Morgan fingerprint density at radius 1 is 1.39 bits per heavy atom. The fraction of sp³-hybridized carbons (Fsp3) is 0.385. The molecule has 5 nitrogen and oxygen atoms in total. The van der Waals surface area contributed by atoms with Crippen LogP contribution in [-0.4, -0.2) is 24.5 Å². The first kappa shape index (κ1) is 14.0. The number of carbonyl (C=O) groups is 2. The van der Waals surface area contributed by atoms with Crippen LogP contribution < -0.4 is 15.8 Å². The first-order chi connectivity index (χ1) is 8.54. The Morgan fingerprint density at radius 2 is 2.06 bits per heavy atom. The van der Waals surface area contributed by atoms with Gasteiger partial charge in [0.25, 0.3) is 11.8 Å². The van der Waals surface area contributed by atoms with Crippen molar-refractivity contribution in [3.05, 3.63) is 29.8 Å². The summed E-state index contributed by atoms with van der Waals surface area (Å²) in [7, 11) is 0. The number of carbonyl (C=O) groups excluding carboxylic acids is 2. The third-order valence-electron chi connectivity index (χ3n) is 2.53. The summed E-state index contributed by atoms with van der Waals surface area (Å²) in [6, 6.07) is 6.67. The fourth-order valence-electron chi connectivity index (χ4n) is 1.36. The van der Waals surface area contributed by atoms with Crippen molar-refractivity contribution in [2.45, 2.75) is 26.3 Å². The number of para-hydroxylation sites is 1. The molecule has 0 saturated heterocycles. The van der Waals surface area contributed by atoms with Crippen LogP contribution in [0.3, 0.4) is 0 Å². The van der Waals surface area contributed by atoms with Crippen LogP contribution in [0.15, 0.2) is 24.3 Å². The quantitative estimate of drug-likeness (QED) is 0.792. The highest BCUT2D eigenvalue weighted by molar-refractivity contribution is 5.95. The number of amides is 2. The molecule has 0 radical (unpaired) electrons. The van der Waals surface area contributed by atoms with Gasteiger partial charge in [-0.1, -0.05) is 19.1 Å². The fourth-order valence-corrected chi connectivity index (χ4v) is 1.36. The van der Waals surface area contributed by atoms with Crippen molar-refractivity contribution in [2.24, 2.45) is 5.73 Å². The van der Waals surface area contributed by atoms with Crippen molar-refractivity contribution in [3.63, 3.8) is 0 Å². The topological polar surface area (TPSA) is 81.4 Å². The van der Waals surface area contributed by atoms with E-state index < -0.39 is 5.91 Å². The second-order valence-corrected chi connectivity index (χ2v) is 4.03. The molecule has 2 amide bonds. The lowest BCUT2D eigenvalue weighted by Gasteiger charge is -2.13. The minimum atomic E-state index is -0.576.